The summed E-state index contributed by atoms with van der Waals surface area (Å²) in [4.78, 5) is 20.0. The second-order valence-electron chi connectivity index (χ2n) is 4.33. The van der Waals surface area contributed by atoms with Gasteiger partial charge < -0.3 is 5.32 Å². The lowest BCUT2D eigenvalue weighted by Gasteiger charge is -2.13. The van der Waals surface area contributed by atoms with E-state index in [2.05, 4.69) is 37.9 Å². The lowest BCUT2D eigenvalue weighted by Crippen LogP contribution is -2.13. The number of nitrogens with zero attached hydrogens (tertiary/aromatic N) is 2. The molecule has 106 valence electrons. The number of benzene rings is 1. The number of carbonyl (C=O) groups excluding carboxylic acids is 1. The standard InChI is InChI=1S/C14H8ClFIN3O/c15-12-8(17)3-4-9-11(12)14(19-6-10(21)20-9)13-7(16)2-1-5-18-13/h1-5H,6H2,(H,20,21). The number of halogens is 3. The zero-order chi connectivity index (χ0) is 15.0. The van der Waals surface area contributed by atoms with Crippen LogP contribution in [0.25, 0.3) is 0 Å². The molecule has 0 saturated heterocycles. The lowest BCUT2D eigenvalue weighted by atomic mass is 10.0. The first-order valence-corrected chi connectivity index (χ1v) is 7.47. The van der Waals surface area contributed by atoms with Crippen LogP contribution in [0.2, 0.25) is 5.02 Å². The van der Waals surface area contributed by atoms with Gasteiger partial charge >= 0.3 is 0 Å². The molecular weight excluding hydrogens is 408 g/mol. The number of anilines is 1. The molecule has 0 saturated carbocycles. The summed E-state index contributed by atoms with van der Waals surface area (Å²) in [6, 6.07) is 6.30. The maximum absolute atomic E-state index is 14.0. The number of carbonyl (C=O) groups is 1. The van der Waals surface area contributed by atoms with E-state index in [-0.39, 0.29) is 23.9 Å². The maximum Gasteiger partial charge on any atom is 0.246 e. The van der Waals surface area contributed by atoms with E-state index in [9.17, 15) is 9.18 Å². The van der Waals surface area contributed by atoms with Gasteiger partial charge in [-0.15, -0.1) is 0 Å². The molecule has 2 aromatic rings. The molecule has 1 N–H and O–H groups in total. The number of fused-ring (bicyclic) bond motifs is 1. The summed E-state index contributed by atoms with van der Waals surface area (Å²) < 4.78 is 14.8. The Morgan fingerprint density at radius 2 is 2.14 bits per heavy atom. The van der Waals surface area contributed by atoms with E-state index in [1.54, 1.807) is 12.1 Å². The number of benzodiazepines with no additional fused rings is 1. The molecule has 21 heavy (non-hydrogen) atoms. The number of nitrogens with one attached hydrogen (secondary N) is 1. The van der Waals surface area contributed by atoms with Crippen LogP contribution in [0.3, 0.4) is 0 Å². The van der Waals surface area contributed by atoms with E-state index in [1.165, 1.54) is 18.3 Å². The Morgan fingerprint density at radius 1 is 1.33 bits per heavy atom. The first-order chi connectivity index (χ1) is 10.1. The number of aromatic nitrogens is 1. The van der Waals surface area contributed by atoms with Gasteiger partial charge in [0, 0.05) is 15.3 Å². The second-order valence-corrected chi connectivity index (χ2v) is 5.87. The lowest BCUT2D eigenvalue weighted by molar-refractivity contribution is -0.114. The van der Waals surface area contributed by atoms with Crippen LogP contribution >= 0.6 is 34.2 Å². The Labute approximate surface area is 138 Å². The predicted octanol–water partition coefficient (Wildman–Crippen LogP) is 3.27. The van der Waals surface area contributed by atoms with Gasteiger partial charge in [-0.3, -0.25) is 14.8 Å². The fourth-order valence-electron chi connectivity index (χ4n) is 2.06. The minimum atomic E-state index is -0.508. The van der Waals surface area contributed by atoms with Crippen LogP contribution in [-0.4, -0.2) is 23.1 Å². The number of hydrogen-bond acceptors (Lipinski definition) is 3. The minimum absolute atomic E-state index is 0.0825. The molecule has 0 fully saturated rings. The maximum atomic E-state index is 14.0. The minimum Gasteiger partial charge on any atom is -0.324 e. The van der Waals surface area contributed by atoms with Crippen LogP contribution in [-0.2, 0) is 4.79 Å². The van der Waals surface area contributed by atoms with Gasteiger partial charge in [-0.2, -0.15) is 0 Å². The molecule has 1 aromatic heterocycles. The largest absolute Gasteiger partial charge is 0.324 e. The molecule has 0 aliphatic carbocycles. The average molecular weight is 416 g/mol. The normalized spacial score (nSPS) is 14.0. The summed E-state index contributed by atoms with van der Waals surface area (Å²) >= 11 is 8.41. The summed E-state index contributed by atoms with van der Waals surface area (Å²) in [5.74, 6) is -0.786. The first-order valence-electron chi connectivity index (χ1n) is 6.01. The average Bonchev–Trinajstić information content (AvgIpc) is 2.63. The molecule has 1 aliphatic rings. The molecule has 0 spiro atoms. The number of hydrogen-bond donors (Lipinski definition) is 1. The Morgan fingerprint density at radius 3 is 2.90 bits per heavy atom. The Bertz CT molecular complexity index is 779. The topological polar surface area (TPSA) is 54.4 Å². The van der Waals surface area contributed by atoms with Gasteiger partial charge in [0.25, 0.3) is 0 Å². The molecule has 0 unspecified atom stereocenters. The van der Waals surface area contributed by atoms with Crippen LogP contribution < -0.4 is 5.32 Å². The quantitative estimate of drug-likeness (QED) is 0.727. The van der Waals surface area contributed by atoms with Crippen molar-refractivity contribution in [2.45, 2.75) is 0 Å². The van der Waals surface area contributed by atoms with Gasteiger partial charge in [-0.25, -0.2) is 4.39 Å². The second kappa shape index (κ2) is 5.69. The smallest absolute Gasteiger partial charge is 0.246 e. The van der Waals surface area contributed by atoms with Crippen LogP contribution in [0.1, 0.15) is 11.3 Å². The van der Waals surface area contributed by atoms with Crippen molar-refractivity contribution in [2.75, 3.05) is 11.9 Å². The van der Waals surface area contributed by atoms with Crippen molar-refractivity contribution in [3.8, 4) is 0 Å². The van der Waals surface area contributed by atoms with Crippen molar-refractivity contribution in [3.05, 3.63) is 56.1 Å². The Kier molecular flexibility index (Phi) is 3.90. The van der Waals surface area contributed by atoms with Gasteiger partial charge in [0.15, 0.2) is 5.82 Å². The fourth-order valence-corrected chi connectivity index (χ4v) is 2.76. The number of pyridine rings is 1. The molecule has 7 heteroatoms. The molecule has 0 bridgehead atoms. The summed E-state index contributed by atoms with van der Waals surface area (Å²) in [5.41, 5.74) is 1.36. The van der Waals surface area contributed by atoms with E-state index in [0.717, 1.165) is 3.57 Å². The van der Waals surface area contributed by atoms with Crippen molar-refractivity contribution >= 4 is 51.5 Å². The zero-order valence-corrected chi connectivity index (χ0v) is 13.4. The highest BCUT2D eigenvalue weighted by Gasteiger charge is 2.24. The molecular formula is C14H8ClFIN3O. The van der Waals surface area contributed by atoms with E-state index >= 15 is 0 Å². The molecule has 2 heterocycles. The van der Waals surface area contributed by atoms with Gasteiger partial charge in [0.05, 0.1) is 16.4 Å². The predicted molar refractivity (Wildman–Crippen MR) is 87.5 cm³/mol. The van der Waals surface area contributed by atoms with E-state index in [1.807, 2.05) is 0 Å². The van der Waals surface area contributed by atoms with Gasteiger partial charge in [0.1, 0.15) is 12.2 Å². The molecule has 3 rings (SSSR count). The molecule has 1 aliphatic heterocycles. The SMILES string of the molecule is O=C1CN=C(c2ncccc2F)c2c(ccc(I)c2Cl)N1. The Hall–Kier alpha value is -1.54. The van der Waals surface area contributed by atoms with Crippen molar-refractivity contribution < 1.29 is 9.18 Å². The van der Waals surface area contributed by atoms with Gasteiger partial charge in [0.2, 0.25) is 5.91 Å². The van der Waals surface area contributed by atoms with Gasteiger partial charge in [-0.05, 0) is 46.9 Å². The third kappa shape index (κ3) is 2.65. The van der Waals surface area contributed by atoms with Crippen LogP contribution in [0, 0.1) is 9.39 Å². The molecule has 1 aromatic carbocycles. The highest BCUT2D eigenvalue weighted by molar-refractivity contribution is 14.1. The van der Waals surface area contributed by atoms with E-state index in [4.69, 9.17) is 11.6 Å². The van der Waals surface area contributed by atoms with E-state index < -0.39 is 5.82 Å². The summed E-state index contributed by atoms with van der Waals surface area (Å²) in [6.07, 6.45) is 1.47. The summed E-state index contributed by atoms with van der Waals surface area (Å²) in [6.45, 7) is -0.104. The first kappa shape index (κ1) is 14.4. The van der Waals surface area contributed by atoms with Crippen molar-refractivity contribution in [1.82, 2.24) is 4.98 Å². The van der Waals surface area contributed by atoms with Crippen LogP contribution in [0.15, 0.2) is 35.5 Å². The third-order valence-corrected chi connectivity index (χ3v) is 4.58. The van der Waals surface area contributed by atoms with Crippen LogP contribution in [0.4, 0.5) is 10.1 Å². The van der Waals surface area contributed by atoms with Crippen molar-refractivity contribution in [1.29, 1.82) is 0 Å². The molecule has 4 nitrogen and oxygen atoms in total. The fraction of sp³-hybridized carbons (Fsp3) is 0.0714. The monoisotopic (exact) mass is 415 g/mol. The highest BCUT2D eigenvalue weighted by atomic mass is 127. The Balaban J connectivity index is 2.30. The summed E-state index contributed by atoms with van der Waals surface area (Å²) in [7, 11) is 0. The third-order valence-electron chi connectivity index (χ3n) is 2.97. The zero-order valence-electron chi connectivity index (χ0n) is 10.5. The molecule has 0 atom stereocenters. The summed E-state index contributed by atoms with van der Waals surface area (Å²) in [5, 5.41) is 3.13. The van der Waals surface area contributed by atoms with Gasteiger partial charge in [-0.1, -0.05) is 11.6 Å². The highest BCUT2D eigenvalue weighted by Crippen LogP contribution is 2.33. The number of aliphatic imine (C=N–C) groups is 1. The van der Waals surface area contributed by atoms with Crippen molar-refractivity contribution in [2.24, 2.45) is 4.99 Å². The van der Waals surface area contributed by atoms with Crippen LogP contribution in [0.5, 0.6) is 0 Å². The van der Waals surface area contributed by atoms with Crippen molar-refractivity contribution in [3.63, 3.8) is 0 Å². The number of rotatable bonds is 1. The molecule has 0 radical (unpaired) electrons. The molecule has 1 amide bonds. The number of amides is 1. The van der Waals surface area contributed by atoms with E-state index in [0.29, 0.717) is 16.3 Å².